The molecule has 6 rings (SSSR count). The highest BCUT2D eigenvalue weighted by atomic mass is 16.5. The molecule has 4 heterocycles. The molecule has 2 bridgehead atoms. The second kappa shape index (κ2) is 13.7. The van der Waals surface area contributed by atoms with Gasteiger partial charge in [-0.25, -0.2) is 0 Å². The number of rotatable bonds is 11. The Bertz CT molecular complexity index is 1790. The van der Waals surface area contributed by atoms with Crippen LogP contribution in [0.25, 0.3) is 0 Å². The Balaban J connectivity index is 1.19. The van der Waals surface area contributed by atoms with Gasteiger partial charge >= 0.3 is 5.97 Å². The fourth-order valence-corrected chi connectivity index (χ4v) is 6.70. The fraction of sp³-hybridized carbons (Fsp3) is 0.361. The number of carbonyl (C=O) groups is 1. The van der Waals surface area contributed by atoms with Gasteiger partial charge in [0.05, 0.1) is 39.7 Å². The van der Waals surface area contributed by atoms with Crippen LogP contribution < -0.4 is 20.5 Å². The number of aromatic hydroxyl groups is 1. The largest absolute Gasteiger partial charge is 0.502 e. The van der Waals surface area contributed by atoms with Gasteiger partial charge in [-0.1, -0.05) is 30.3 Å². The molecule has 2 aromatic heterocycles. The number of ether oxygens (including phenoxy) is 3. The monoisotopic (exact) mass is 626 g/mol. The van der Waals surface area contributed by atoms with Crippen molar-refractivity contribution in [1.82, 2.24) is 9.47 Å². The van der Waals surface area contributed by atoms with E-state index >= 15 is 0 Å². The number of hydrogen-bond donors (Lipinski definition) is 1. The summed E-state index contributed by atoms with van der Waals surface area (Å²) in [6, 6.07) is 21.7. The van der Waals surface area contributed by atoms with E-state index in [9.17, 15) is 19.5 Å². The van der Waals surface area contributed by atoms with Crippen LogP contribution in [0, 0.1) is 5.92 Å². The number of fused-ring (bicyclic) bond motifs is 4. The molecule has 46 heavy (non-hydrogen) atoms. The van der Waals surface area contributed by atoms with Crippen molar-refractivity contribution in [2.75, 3.05) is 33.9 Å². The van der Waals surface area contributed by atoms with Crippen molar-refractivity contribution in [3.63, 3.8) is 0 Å². The third-order valence-corrected chi connectivity index (χ3v) is 8.95. The maximum Gasteiger partial charge on any atom is 0.306 e. The van der Waals surface area contributed by atoms with Gasteiger partial charge in [0.25, 0.3) is 5.56 Å². The second-order valence-electron chi connectivity index (χ2n) is 12.0. The van der Waals surface area contributed by atoms with E-state index in [1.165, 1.54) is 13.2 Å². The predicted octanol–water partition coefficient (Wildman–Crippen LogP) is 4.45. The summed E-state index contributed by atoms with van der Waals surface area (Å²) in [5.74, 6) is 0.588. The van der Waals surface area contributed by atoms with Crippen LogP contribution in [-0.2, 0) is 29.0 Å². The number of aromatic nitrogens is 1. The number of nitrogens with zero attached hydrogens (tertiary/aromatic N) is 2. The number of hydrogen-bond acceptors (Lipinski definition) is 9. The van der Waals surface area contributed by atoms with Crippen LogP contribution in [-0.4, -0.2) is 54.5 Å². The van der Waals surface area contributed by atoms with Gasteiger partial charge in [0.2, 0.25) is 11.2 Å². The highest BCUT2D eigenvalue weighted by Crippen LogP contribution is 2.37. The highest BCUT2D eigenvalue weighted by molar-refractivity contribution is 5.71. The molecule has 0 aliphatic carbocycles. The molecule has 1 unspecified atom stereocenters. The molecule has 10 nitrogen and oxygen atoms in total. The van der Waals surface area contributed by atoms with Gasteiger partial charge in [0, 0.05) is 49.8 Å². The number of pyridine rings is 1. The number of methoxy groups -OCH3 is 2. The zero-order valence-electron chi connectivity index (χ0n) is 26.0. The van der Waals surface area contributed by atoms with E-state index in [1.54, 1.807) is 43.5 Å². The van der Waals surface area contributed by atoms with E-state index in [1.807, 2.05) is 34.9 Å². The second-order valence-corrected chi connectivity index (χ2v) is 12.0. The Labute approximate surface area is 266 Å². The van der Waals surface area contributed by atoms with Crippen LogP contribution in [0.1, 0.15) is 53.0 Å². The van der Waals surface area contributed by atoms with Crippen LogP contribution in [0.15, 0.2) is 86.8 Å². The summed E-state index contributed by atoms with van der Waals surface area (Å²) in [5, 5.41) is 10.9. The van der Waals surface area contributed by atoms with Crippen molar-refractivity contribution in [3.05, 3.63) is 122 Å². The molecule has 2 aliphatic rings. The van der Waals surface area contributed by atoms with Crippen LogP contribution in [0.5, 0.6) is 17.2 Å². The van der Waals surface area contributed by atoms with Crippen molar-refractivity contribution in [2.45, 2.75) is 44.2 Å². The lowest BCUT2D eigenvalue weighted by Crippen LogP contribution is -2.46. The minimum absolute atomic E-state index is 0.0233. The number of esters is 1. The van der Waals surface area contributed by atoms with E-state index in [-0.39, 0.29) is 23.7 Å². The summed E-state index contributed by atoms with van der Waals surface area (Å²) >= 11 is 0. The van der Waals surface area contributed by atoms with E-state index in [0.29, 0.717) is 55.7 Å². The molecule has 0 radical (unpaired) electrons. The van der Waals surface area contributed by atoms with Crippen LogP contribution in [0.3, 0.4) is 0 Å². The molecule has 240 valence electrons. The Morgan fingerprint density at radius 1 is 0.978 bits per heavy atom. The zero-order valence-corrected chi connectivity index (χ0v) is 26.0. The summed E-state index contributed by atoms with van der Waals surface area (Å²) < 4.78 is 24.2. The molecule has 0 spiro atoms. The van der Waals surface area contributed by atoms with Crippen LogP contribution in [0.2, 0.25) is 0 Å². The molecular formula is C36H38N2O8. The Morgan fingerprint density at radius 2 is 1.74 bits per heavy atom. The standard InChI is InChI=1S/C36H38N2O8/c1-43-27-10-6-23(7-11-27)14-15-45-28-12-8-25(9-13-28)30(18-34(41)44-2)36-35(42)32(39)17-29(46-36)22-37-19-24-16-26(21-37)31-4-3-5-33(40)38(31)20-24/h3-13,17,24,26,30,42H,14-16,18-22H2,1-2H3/t24-,26+,30?/m1/s1. The summed E-state index contributed by atoms with van der Waals surface area (Å²) in [5.41, 5.74) is 2.28. The SMILES string of the molecule is COC(=O)CC(c1ccc(OCCc2ccc(OC)cc2)cc1)c1oc(CN2C[C@H]3C[C@@H](C2)c2cccc(=O)n2C3)cc(=O)c1O. The first-order valence-corrected chi connectivity index (χ1v) is 15.5. The van der Waals surface area contributed by atoms with Crippen molar-refractivity contribution < 1.29 is 28.5 Å². The molecule has 1 saturated heterocycles. The van der Waals surface area contributed by atoms with Gasteiger partial charge in [0.15, 0.2) is 5.76 Å². The highest BCUT2D eigenvalue weighted by Gasteiger charge is 2.35. The molecule has 0 amide bonds. The first-order valence-electron chi connectivity index (χ1n) is 15.5. The minimum atomic E-state index is -0.757. The number of piperidine rings is 1. The molecule has 2 aliphatic heterocycles. The topological polar surface area (TPSA) is 120 Å². The Kier molecular flexibility index (Phi) is 9.25. The fourth-order valence-electron chi connectivity index (χ4n) is 6.70. The molecule has 0 saturated carbocycles. The number of carbonyl (C=O) groups excluding carboxylic acids is 1. The van der Waals surface area contributed by atoms with Gasteiger partial charge in [-0.05, 0) is 53.8 Å². The lowest BCUT2D eigenvalue weighted by molar-refractivity contribution is -0.140. The van der Waals surface area contributed by atoms with Gasteiger partial charge < -0.3 is 28.3 Å². The molecule has 10 heteroatoms. The molecule has 1 fully saturated rings. The van der Waals surface area contributed by atoms with Crippen molar-refractivity contribution >= 4 is 5.97 Å². The minimum Gasteiger partial charge on any atom is -0.502 e. The summed E-state index contributed by atoms with van der Waals surface area (Å²) in [7, 11) is 2.93. The normalized spacial score (nSPS) is 18.0. The van der Waals surface area contributed by atoms with Gasteiger partial charge in [-0.2, -0.15) is 0 Å². The average molecular weight is 627 g/mol. The Hall–Kier alpha value is -4.83. The molecular weight excluding hydrogens is 588 g/mol. The lowest BCUT2D eigenvalue weighted by Gasteiger charge is -2.42. The van der Waals surface area contributed by atoms with Gasteiger partial charge in [-0.3, -0.25) is 19.3 Å². The van der Waals surface area contributed by atoms with E-state index in [2.05, 4.69) is 4.90 Å². The molecule has 3 atom stereocenters. The van der Waals surface area contributed by atoms with Crippen LogP contribution >= 0.6 is 0 Å². The average Bonchev–Trinajstić information content (AvgIpc) is 3.06. The molecule has 2 aromatic carbocycles. The smallest absolute Gasteiger partial charge is 0.306 e. The van der Waals surface area contributed by atoms with E-state index in [0.717, 1.165) is 30.0 Å². The molecule has 1 N–H and O–H groups in total. The van der Waals surface area contributed by atoms with Crippen molar-refractivity contribution in [2.24, 2.45) is 5.92 Å². The van der Waals surface area contributed by atoms with Gasteiger partial charge in [0.1, 0.15) is 17.3 Å². The van der Waals surface area contributed by atoms with E-state index < -0.39 is 23.1 Å². The third-order valence-electron chi connectivity index (χ3n) is 8.95. The lowest BCUT2D eigenvalue weighted by atomic mass is 9.83. The van der Waals surface area contributed by atoms with Gasteiger partial charge in [-0.15, -0.1) is 0 Å². The predicted molar refractivity (Wildman–Crippen MR) is 171 cm³/mol. The first-order chi connectivity index (χ1) is 22.3. The van der Waals surface area contributed by atoms with E-state index in [4.69, 9.17) is 18.6 Å². The summed E-state index contributed by atoms with van der Waals surface area (Å²) in [6.45, 7) is 2.96. The first kappa shape index (κ1) is 31.2. The zero-order chi connectivity index (χ0) is 32.2. The number of likely N-dealkylation sites (tertiary alicyclic amines) is 1. The maximum absolute atomic E-state index is 13.0. The maximum atomic E-state index is 13.0. The summed E-state index contributed by atoms with van der Waals surface area (Å²) in [4.78, 5) is 40.2. The third kappa shape index (κ3) is 6.87. The van der Waals surface area contributed by atoms with Crippen molar-refractivity contribution in [1.29, 1.82) is 0 Å². The number of benzene rings is 2. The van der Waals surface area contributed by atoms with Crippen LogP contribution in [0.4, 0.5) is 0 Å². The molecule has 4 aromatic rings. The Morgan fingerprint density at radius 3 is 2.48 bits per heavy atom. The summed E-state index contributed by atoms with van der Waals surface area (Å²) in [6.07, 6.45) is 1.59. The quantitative estimate of drug-likeness (QED) is 0.241. The van der Waals surface area contributed by atoms with Crippen molar-refractivity contribution in [3.8, 4) is 17.2 Å².